The van der Waals surface area contributed by atoms with Gasteiger partial charge >= 0.3 is 0 Å². The number of aliphatic hydroxyl groups excluding tert-OH is 1. The Balaban J connectivity index is 2.85. The van der Waals surface area contributed by atoms with Crippen molar-refractivity contribution in [1.82, 2.24) is 0 Å². The van der Waals surface area contributed by atoms with Crippen molar-refractivity contribution in [2.75, 3.05) is 46.8 Å². The van der Waals surface area contributed by atoms with Gasteiger partial charge in [0.15, 0.2) is 6.29 Å². The Bertz CT molecular complexity index is 107. The summed E-state index contributed by atoms with van der Waals surface area (Å²) in [6.45, 7) is 4.71. The Kier molecular flexibility index (Phi) is 10.7. The van der Waals surface area contributed by atoms with Crippen LogP contribution >= 0.6 is 0 Å². The standard InChI is InChI=1S/C9H20O5/c1-9(10)14-8-7-13-6-5-12-4-3-11-2/h9-10H,3-8H2,1-2H3. The van der Waals surface area contributed by atoms with Crippen LogP contribution < -0.4 is 0 Å². The number of hydrogen-bond donors (Lipinski definition) is 1. The third-order valence-corrected chi connectivity index (χ3v) is 1.39. The van der Waals surface area contributed by atoms with Gasteiger partial charge in [-0.2, -0.15) is 0 Å². The van der Waals surface area contributed by atoms with Crippen LogP contribution in [-0.4, -0.2) is 58.1 Å². The van der Waals surface area contributed by atoms with E-state index in [2.05, 4.69) is 0 Å². The molecule has 0 fully saturated rings. The number of ether oxygens (including phenoxy) is 4. The van der Waals surface area contributed by atoms with E-state index in [0.717, 1.165) is 0 Å². The Labute approximate surface area is 84.9 Å². The quantitative estimate of drug-likeness (QED) is 0.405. The molecule has 0 radical (unpaired) electrons. The topological polar surface area (TPSA) is 57.2 Å². The predicted octanol–water partition coefficient (Wildman–Crippen LogP) is 0.0209. The van der Waals surface area contributed by atoms with Gasteiger partial charge in [0.05, 0.1) is 39.6 Å². The molecule has 0 rings (SSSR count). The summed E-state index contributed by atoms with van der Waals surface area (Å²) in [5.74, 6) is 0. The molecule has 0 saturated carbocycles. The van der Waals surface area contributed by atoms with Gasteiger partial charge in [-0.1, -0.05) is 0 Å². The molecule has 1 atom stereocenters. The first-order chi connectivity index (χ1) is 6.77. The maximum absolute atomic E-state index is 8.74. The molecule has 0 amide bonds. The molecule has 14 heavy (non-hydrogen) atoms. The minimum absolute atomic E-state index is 0.399. The zero-order valence-electron chi connectivity index (χ0n) is 8.90. The highest BCUT2D eigenvalue weighted by atomic mass is 16.6. The van der Waals surface area contributed by atoms with Gasteiger partial charge in [0, 0.05) is 7.11 Å². The Hall–Kier alpha value is -0.200. The van der Waals surface area contributed by atoms with Crippen LogP contribution in [0.1, 0.15) is 6.92 Å². The summed E-state index contributed by atoms with van der Waals surface area (Å²) in [4.78, 5) is 0. The van der Waals surface area contributed by atoms with E-state index in [1.807, 2.05) is 0 Å². The molecule has 0 aliphatic carbocycles. The first-order valence-corrected chi connectivity index (χ1v) is 4.71. The zero-order chi connectivity index (χ0) is 10.6. The minimum Gasteiger partial charge on any atom is -0.382 e. The van der Waals surface area contributed by atoms with Crippen molar-refractivity contribution in [1.29, 1.82) is 0 Å². The van der Waals surface area contributed by atoms with Crippen LogP contribution in [-0.2, 0) is 18.9 Å². The van der Waals surface area contributed by atoms with Crippen LogP contribution in [0.4, 0.5) is 0 Å². The van der Waals surface area contributed by atoms with E-state index in [4.69, 9.17) is 24.1 Å². The molecule has 0 bridgehead atoms. The molecule has 0 saturated heterocycles. The second-order valence-corrected chi connectivity index (χ2v) is 2.69. The highest BCUT2D eigenvalue weighted by Crippen LogP contribution is 1.85. The smallest absolute Gasteiger partial charge is 0.151 e. The summed E-state index contributed by atoms with van der Waals surface area (Å²) in [6.07, 6.45) is -0.725. The van der Waals surface area contributed by atoms with Crippen molar-refractivity contribution in [3.05, 3.63) is 0 Å². The van der Waals surface area contributed by atoms with Crippen LogP contribution in [0.3, 0.4) is 0 Å². The fourth-order valence-corrected chi connectivity index (χ4v) is 0.742. The fourth-order valence-electron chi connectivity index (χ4n) is 0.742. The third-order valence-electron chi connectivity index (χ3n) is 1.39. The number of aliphatic hydroxyl groups is 1. The highest BCUT2D eigenvalue weighted by Gasteiger charge is 1.94. The Morgan fingerprint density at radius 1 is 0.929 bits per heavy atom. The lowest BCUT2D eigenvalue weighted by Gasteiger charge is -2.07. The predicted molar refractivity (Wildman–Crippen MR) is 51.1 cm³/mol. The van der Waals surface area contributed by atoms with Crippen molar-refractivity contribution in [2.24, 2.45) is 0 Å². The molecule has 1 unspecified atom stereocenters. The molecule has 0 aromatic carbocycles. The molecule has 0 aromatic heterocycles. The van der Waals surface area contributed by atoms with Crippen LogP contribution in [0, 0.1) is 0 Å². The molecule has 0 aliphatic heterocycles. The average molecular weight is 208 g/mol. The number of hydrogen-bond acceptors (Lipinski definition) is 5. The van der Waals surface area contributed by atoms with E-state index in [-0.39, 0.29) is 0 Å². The molecule has 1 N–H and O–H groups in total. The summed E-state index contributed by atoms with van der Waals surface area (Å²) in [7, 11) is 1.63. The fraction of sp³-hybridized carbons (Fsp3) is 1.00. The van der Waals surface area contributed by atoms with Crippen LogP contribution in [0.15, 0.2) is 0 Å². The van der Waals surface area contributed by atoms with Gasteiger partial charge in [0.1, 0.15) is 0 Å². The summed E-state index contributed by atoms with van der Waals surface area (Å²) in [5, 5.41) is 8.74. The summed E-state index contributed by atoms with van der Waals surface area (Å²) < 4.78 is 20.0. The van der Waals surface area contributed by atoms with Crippen molar-refractivity contribution >= 4 is 0 Å². The monoisotopic (exact) mass is 208 g/mol. The second kappa shape index (κ2) is 10.9. The van der Waals surface area contributed by atoms with Crippen molar-refractivity contribution < 1.29 is 24.1 Å². The Morgan fingerprint density at radius 2 is 1.43 bits per heavy atom. The molecule has 0 spiro atoms. The van der Waals surface area contributed by atoms with Gasteiger partial charge in [-0.25, -0.2) is 0 Å². The first-order valence-electron chi connectivity index (χ1n) is 4.71. The summed E-state index contributed by atoms with van der Waals surface area (Å²) in [6, 6.07) is 0. The first kappa shape index (κ1) is 13.8. The largest absolute Gasteiger partial charge is 0.382 e. The van der Waals surface area contributed by atoms with Gasteiger partial charge < -0.3 is 24.1 Å². The number of methoxy groups -OCH3 is 1. The van der Waals surface area contributed by atoms with Crippen LogP contribution in [0.5, 0.6) is 0 Å². The Morgan fingerprint density at radius 3 is 1.93 bits per heavy atom. The molecule has 86 valence electrons. The molecule has 5 heteroatoms. The lowest BCUT2D eigenvalue weighted by atomic mass is 10.7. The van der Waals surface area contributed by atoms with Gasteiger partial charge in [0.2, 0.25) is 0 Å². The van der Waals surface area contributed by atoms with E-state index in [1.54, 1.807) is 14.0 Å². The molecular weight excluding hydrogens is 188 g/mol. The van der Waals surface area contributed by atoms with E-state index in [0.29, 0.717) is 39.6 Å². The number of rotatable bonds is 10. The molecule has 0 aromatic rings. The maximum Gasteiger partial charge on any atom is 0.151 e. The van der Waals surface area contributed by atoms with Crippen LogP contribution in [0.25, 0.3) is 0 Å². The summed E-state index contributed by atoms with van der Waals surface area (Å²) >= 11 is 0. The zero-order valence-corrected chi connectivity index (χ0v) is 8.90. The third kappa shape index (κ3) is 11.8. The molecule has 5 nitrogen and oxygen atoms in total. The van der Waals surface area contributed by atoms with Gasteiger partial charge in [-0.3, -0.25) is 0 Å². The molecular formula is C9H20O5. The lowest BCUT2D eigenvalue weighted by Crippen LogP contribution is -2.14. The van der Waals surface area contributed by atoms with Gasteiger partial charge in [-0.15, -0.1) is 0 Å². The van der Waals surface area contributed by atoms with Crippen molar-refractivity contribution in [2.45, 2.75) is 13.2 Å². The second-order valence-electron chi connectivity index (χ2n) is 2.69. The minimum atomic E-state index is -0.725. The van der Waals surface area contributed by atoms with Crippen molar-refractivity contribution in [3.63, 3.8) is 0 Å². The highest BCUT2D eigenvalue weighted by molar-refractivity contribution is 4.33. The summed E-state index contributed by atoms with van der Waals surface area (Å²) in [5.41, 5.74) is 0. The lowest BCUT2D eigenvalue weighted by molar-refractivity contribution is -0.102. The van der Waals surface area contributed by atoms with Crippen molar-refractivity contribution in [3.8, 4) is 0 Å². The van der Waals surface area contributed by atoms with Gasteiger partial charge in [-0.05, 0) is 6.92 Å². The molecule has 0 heterocycles. The average Bonchev–Trinajstić information content (AvgIpc) is 2.15. The van der Waals surface area contributed by atoms with E-state index in [9.17, 15) is 0 Å². The maximum atomic E-state index is 8.74. The van der Waals surface area contributed by atoms with E-state index < -0.39 is 6.29 Å². The molecule has 0 aliphatic rings. The van der Waals surface area contributed by atoms with Gasteiger partial charge in [0.25, 0.3) is 0 Å². The van der Waals surface area contributed by atoms with Crippen LogP contribution in [0.2, 0.25) is 0 Å². The normalized spacial score (nSPS) is 13.1. The van der Waals surface area contributed by atoms with E-state index in [1.165, 1.54) is 0 Å². The van der Waals surface area contributed by atoms with E-state index >= 15 is 0 Å². The SMILES string of the molecule is COCCOCCOCCOC(C)O.